The maximum atomic E-state index is 5.66. The summed E-state index contributed by atoms with van der Waals surface area (Å²) in [6.45, 7) is 3.22. The van der Waals surface area contributed by atoms with Crippen LogP contribution in [0.1, 0.15) is 12.6 Å². The van der Waals surface area contributed by atoms with Crippen LogP contribution in [-0.2, 0) is 6.42 Å². The zero-order valence-corrected chi connectivity index (χ0v) is 11.7. The average molecular weight is 274 g/mol. The Morgan fingerprint density at radius 1 is 1.20 bits per heavy atom. The number of hydrogen-bond acceptors (Lipinski definition) is 6. The van der Waals surface area contributed by atoms with E-state index in [4.69, 9.17) is 9.47 Å². The van der Waals surface area contributed by atoms with Crippen molar-refractivity contribution in [2.24, 2.45) is 0 Å². The molecule has 0 radical (unpaired) electrons. The molecule has 0 fully saturated rings. The monoisotopic (exact) mass is 274 g/mol. The molecular formula is C14H18N4O2. The molecule has 0 unspecified atom stereocenters. The molecule has 0 aliphatic rings. The molecule has 1 N–H and O–H groups in total. The van der Waals surface area contributed by atoms with Crippen LogP contribution in [0.25, 0.3) is 0 Å². The fourth-order valence-corrected chi connectivity index (χ4v) is 1.74. The Morgan fingerprint density at radius 3 is 2.80 bits per heavy atom. The van der Waals surface area contributed by atoms with Gasteiger partial charge in [0.25, 0.3) is 5.88 Å². The van der Waals surface area contributed by atoms with Crippen LogP contribution < -0.4 is 14.8 Å². The molecule has 6 nitrogen and oxygen atoms in total. The number of aromatic nitrogens is 3. The van der Waals surface area contributed by atoms with Crippen LogP contribution in [0.2, 0.25) is 0 Å². The molecular weight excluding hydrogens is 256 g/mol. The summed E-state index contributed by atoms with van der Waals surface area (Å²) in [5.74, 6) is 1.60. The Balaban J connectivity index is 2.00. The van der Waals surface area contributed by atoms with Gasteiger partial charge in [-0.1, -0.05) is 6.07 Å². The number of methoxy groups -OCH3 is 1. The van der Waals surface area contributed by atoms with Crippen LogP contribution >= 0.6 is 0 Å². The van der Waals surface area contributed by atoms with Crippen molar-refractivity contribution in [2.45, 2.75) is 13.3 Å². The van der Waals surface area contributed by atoms with Crippen LogP contribution in [0, 0.1) is 0 Å². The summed E-state index contributed by atoms with van der Waals surface area (Å²) in [4.78, 5) is 12.5. The van der Waals surface area contributed by atoms with Gasteiger partial charge in [-0.15, -0.1) is 0 Å². The third kappa shape index (κ3) is 3.57. The summed E-state index contributed by atoms with van der Waals surface area (Å²) < 4.78 is 11.0. The lowest BCUT2D eigenvalue weighted by atomic mass is 10.3. The van der Waals surface area contributed by atoms with Crippen LogP contribution in [0.4, 0.5) is 5.82 Å². The molecule has 0 aliphatic heterocycles. The Bertz CT molecular complexity index is 534. The first kappa shape index (κ1) is 14.0. The van der Waals surface area contributed by atoms with Crippen molar-refractivity contribution < 1.29 is 9.47 Å². The van der Waals surface area contributed by atoms with E-state index < -0.39 is 0 Å². The van der Waals surface area contributed by atoms with Crippen LogP contribution in [0.15, 0.2) is 30.7 Å². The number of rotatable bonds is 7. The molecule has 20 heavy (non-hydrogen) atoms. The lowest BCUT2D eigenvalue weighted by Gasteiger charge is -2.12. The van der Waals surface area contributed by atoms with Crippen LogP contribution in [0.5, 0.6) is 11.6 Å². The standard InChI is InChI=1S/C14H18N4O2/c1-3-15-13-12(19-2)14(18-10-17-13)20-9-7-11-6-4-5-8-16-11/h4-6,8,10H,3,7,9H2,1-2H3,(H,15,17,18). The molecule has 0 aliphatic carbocycles. The molecule has 6 heteroatoms. The topological polar surface area (TPSA) is 69.2 Å². The zero-order valence-electron chi connectivity index (χ0n) is 11.7. The largest absolute Gasteiger partial charge is 0.489 e. The van der Waals surface area contributed by atoms with Gasteiger partial charge in [-0.05, 0) is 19.1 Å². The zero-order chi connectivity index (χ0) is 14.2. The van der Waals surface area contributed by atoms with Gasteiger partial charge in [0.2, 0.25) is 5.75 Å². The van der Waals surface area contributed by atoms with E-state index in [1.807, 2.05) is 25.1 Å². The summed E-state index contributed by atoms with van der Waals surface area (Å²) in [5, 5.41) is 3.11. The van der Waals surface area contributed by atoms with Crippen molar-refractivity contribution in [1.29, 1.82) is 0 Å². The van der Waals surface area contributed by atoms with E-state index in [-0.39, 0.29) is 0 Å². The molecule has 0 aromatic carbocycles. The Labute approximate surface area is 118 Å². The van der Waals surface area contributed by atoms with E-state index in [1.165, 1.54) is 6.33 Å². The number of pyridine rings is 1. The highest BCUT2D eigenvalue weighted by Gasteiger charge is 2.12. The molecule has 0 atom stereocenters. The molecule has 2 aromatic rings. The third-order valence-corrected chi connectivity index (χ3v) is 2.64. The highest BCUT2D eigenvalue weighted by Crippen LogP contribution is 2.30. The lowest BCUT2D eigenvalue weighted by Crippen LogP contribution is -2.08. The minimum Gasteiger partial charge on any atom is -0.489 e. The van der Waals surface area contributed by atoms with Crippen LogP contribution in [0.3, 0.4) is 0 Å². The number of anilines is 1. The summed E-state index contributed by atoms with van der Waals surface area (Å²) >= 11 is 0. The maximum Gasteiger partial charge on any atom is 0.262 e. The molecule has 2 aromatic heterocycles. The van der Waals surface area contributed by atoms with Gasteiger partial charge in [0.05, 0.1) is 13.7 Å². The van der Waals surface area contributed by atoms with Crippen molar-refractivity contribution in [3.8, 4) is 11.6 Å². The highest BCUT2D eigenvalue weighted by molar-refractivity contribution is 5.54. The molecule has 2 rings (SSSR count). The number of nitrogens with one attached hydrogen (secondary N) is 1. The Kier molecular flexibility index (Phi) is 5.11. The first-order valence-corrected chi connectivity index (χ1v) is 6.50. The maximum absolute atomic E-state index is 5.66. The number of ether oxygens (including phenoxy) is 2. The van der Waals surface area contributed by atoms with Crippen molar-refractivity contribution in [3.05, 3.63) is 36.4 Å². The quantitative estimate of drug-likeness (QED) is 0.832. The van der Waals surface area contributed by atoms with Gasteiger partial charge in [-0.25, -0.2) is 4.98 Å². The third-order valence-electron chi connectivity index (χ3n) is 2.64. The predicted octanol–water partition coefficient (Wildman–Crippen LogP) is 1.93. The summed E-state index contributed by atoms with van der Waals surface area (Å²) in [7, 11) is 1.57. The second-order valence-electron chi connectivity index (χ2n) is 4.01. The van der Waals surface area contributed by atoms with Gasteiger partial charge in [-0.2, -0.15) is 4.98 Å². The highest BCUT2D eigenvalue weighted by atomic mass is 16.5. The van der Waals surface area contributed by atoms with Gasteiger partial charge < -0.3 is 14.8 Å². The SMILES string of the molecule is CCNc1ncnc(OCCc2ccccn2)c1OC. The molecule has 0 saturated heterocycles. The predicted molar refractivity (Wildman–Crippen MR) is 76.2 cm³/mol. The van der Waals surface area contributed by atoms with Gasteiger partial charge in [0.15, 0.2) is 5.82 Å². The number of hydrogen-bond donors (Lipinski definition) is 1. The lowest BCUT2D eigenvalue weighted by molar-refractivity contribution is 0.284. The summed E-state index contributed by atoms with van der Waals surface area (Å²) in [6.07, 6.45) is 3.94. The number of nitrogens with zero attached hydrogens (tertiary/aromatic N) is 3. The van der Waals surface area contributed by atoms with E-state index in [0.717, 1.165) is 12.2 Å². The normalized spacial score (nSPS) is 10.1. The van der Waals surface area contributed by atoms with Crippen molar-refractivity contribution in [2.75, 3.05) is 25.6 Å². The fraction of sp³-hybridized carbons (Fsp3) is 0.357. The first-order chi connectivity index (χ1) is 9.85. The fourth-order valence-electron chi connectivity index (χ4n) is 1.74. The van der Waals surface area contributed by atoms with Gasteiger partial charge in [-0.3, -0.25) is 4.98 Å². The van der Waals surface area contributed by atoms with E-state index in [9.17, 15) is 0 Å². The summed E-state index contributed by atoms with van der Waals surface area (Å²) in [5.41, 5.74) is 0.979. The van der Waals surface area contributed by atoms with E-state index in [1.54, 1.807) is 13.3 Å². The van der Waals surface area contributed by atoms with E-state index in [2.05, 4.69) is 20.3 Å². The average Bonchev–Trinajstić information content (AvgIpc) is 2.49. The second-order valence-corrected chi connectivity index (χ2v) is 4.01. The molecule has 0 bridgehead atoms. The summed E-state index contributed by atoms with van der Waals surface area (Å²) in [6, 6.07) is 5.81. The Hall–Kier alpha value is -2.37. The van der Waals surface area contributed by atoms with E-state index in [0.29, 0.717) is 30.5 Å². The molecule has 106 valence electrons. The van der Waals surface area contributed by atoms with Gasteiger partial charge >= 0.3 is 0 Å². The second kappa shape index (κ2) is 7.28. The minimum absolute atomic E-state index is 0.439. The molecule has 0 amide bonds. The minimum atomic E-state index is 0.439. The van der Waals surface area contributed by atoms with Crippen molar-refractivity contribution in [3.63, 3.8) is 0 Å². The first-order valence-electron chi connectivity index (χ1n) is 6.50. The van der Waals surface area contributed by atoms with Gasteiger partial charge in [0.1, 0.15) is 6.33 Å². The molecule has 0 saturated carbocycles. The van der Waals surface area contributed by atoms with Gasteiger partial charge in [0, 0.05) is 24.9 Å². The van der Waals surface area contributed by atoms with Crippen molar-refractivity contribution >= 4 is 5.82 Å². The molecule has 0 spiro atoms. The molecule has 2 heterocycles. The Morgan fingerprint density at radius 2 is 2.10 bits per heavy atom. The van der Waals surface area contributed by atoms with E-state index >= 15 is 0 Å². The van der Waals surface area contributed by atoms with Crippen LogP contribution in [-0.4, -0.2) is 35.2 Å². The van der Waals surface area contributed by atoms with Crippen molar-refractivity contribution in [1.82, 2.24) is 15.0 Å². The smallest absolute Gasteiger partial charge is 0.262 e.